The minimum atomic E-state index is -0.137. The molecule has 1 aliphatic rings. The molecule has 0 unspecified atom stereocenters. The normalized spacial score (nSPS) is 16.1. The Hall–Kier alpha value is -3.05. The fourth-order valence-corrected chi connectivity index (χ4v) is 4.58. The summed E-state index contributed by atoms with van der Waals surface area (Å²) in [6, 6.07) is 25.3. The molecule has 0 aromatic heterocycles. The van der Waals surface area contributed by atoms with Gasteiger partial charge in [-0.1, -0.05) is 60.7 Å². The Morgan fingerprint density at radius 2 is 1.69 bits per heavy atom. The minimum absolute atomic E-state index is 0.0313. The highest BCUT2D eigenvalue weighted by Gasteiger charge is 2.32. The Morgan fingerprint density at radius 3 is 2.41 bits per heavy atom. The zero-order valence-corrected chi connectivity index (χ0v) is 17.0. The van der Waals surface area contributed by atoms with Crippen LogP contribution in [-0.2, 0) is 11.3 Å². The molecule has 3 aromatic rings. The Morgan fingerprint density at radius 1 is 1.00 bits per heavy atom. The van der Waals surface area contributed by atoms with Crippen LogP contribution in [0.3, 0.4) is 0 Å². The van der Waals surface area contributed by atoms with Gasteiger partial charge in [-0.3, -0.25) is 9.59 Å². The van der Waals surface area contributed by atoms with Gasteiger partial charge in [-0.05, 0) is 41.8 Å². The summed E-state index contributed by atoms with van der Waals surface area (Å²) in [6.07, 6.45) is 0. The highest BCUT2D eigenvalue weighted by molar-refractivity contribution is 8.00. The van der Waals surface area contributed by atoms with Gasteiger partial charge in [0.15, 0.2) is 0 Å². The first-order valence-electron chi connectivity index (χ1n) is 9.54. The van der Waals surface area contributed by atoms with Gasteiger partial charge in [0.25, 0.3) is 5.91 Å². The molecule has 0 radical (unpaired) electrons. The van der Waals surface area contributed by atoms with E-state index < -0.39 is 0 Å². The Labute approximate surface area is 174 Å². The molecule has 0 saturated carbocycles. The van der Waals surface area contributed by atoms with Gasteiger partial charge >= 0.3 is 0 Å². The average Bonchev–Trinajstić information content (AvgIpc) is 3.11. The van der Waals surface area contributed by atoms with E-state index in [4.69, 9.17) is 0 Å². The molecule has 146 valence electrons. The summed E-state index contributed by atoms with van der Waals surface area (Å²) >= 11 is 1.63. The van der Waals surface area contributed by atoms with E-state index in [1.165, 1.54) is 0 Å². The van der Waals surface area contributed by atoms with Crippen LogP contribution in [0.5, 0.6) is 0 Å². The summed E-state index contributed by atoms with van der Waals surface area (Å²) in [5.74, 6) is 0.486. The predicted molar refractivity (Wildman–Crippen MR) is 118 cm³/mol. The van der Waals surface area contributed by atoms with Crippen LogP contribution in [0.2, 0.25) is 0 Å². The Kier molecular flexibility index (Phi) is 5.67. The number of anilines is 1. The lowest BCUT2D eigenvalue weighted by atomic mass is 10.1. The minimum Gasteiger partial charge on any atom is -0.322 e. The van der Waals surface area contributed by atoms with E-state index in [9.17, 15) is 9.59 Å². The molecular formula is C24H22N2O2S. The Balaban J connectivity index is 1.48. The van der Waals surface area contributed by atoms with E-state index >= 15 is 0 Å². The van der Waals surface area contributed by atoms with Crippen molar-refractivity contribution >= 4 is 29.3 Å². The van der Waals surface area contributed by atoms with E-state index in [1.807, 2.05) is 90.7 Å². The van der Waals surface area contributed by atoms with Crippen molar-refractivity contribution in [3.8, 4) is 0 Å². The van der Waals surface area contributed by atoms with E-state index in [2.05, 4.69) is 5.32 Å². The maximum atomic E-state index is 12.6. The fraction of sp³-hybridized carbons (Fsp3) is 0.167. The van der Waals surface area contributed by atoms with Crippen LogP contribution in [0.1, 0.15) is 32.4 Å². The van der Waals surface area contributed by atoms with Crippen molar-refractivity contribution in [3.05, 3.63) is 101 Å². The lowest BCUT2D eigenvalue weighted by molar-refractivity contribution is -0.128. The van der Waals surface area contributed by atoms with Gasteiger partial charge in [-0.25, -0.2) is 0 Å². The molecule has 1 aliphatic heterocycles. The quantitative estimate of drug-likeness (QED) is 0.652. The van der Waals surface area contributed by atoms with Gasteiger partial charge in [0.2, 0.25) is 5.91 Å². The highest BCUT2D eigenvalue weighted by Crippen LogP contribution is 2.39. The first-order valence-corrected chi connectivity index (χ1v) is 10.6. The second-order valence-electron chi connectivity index (χ2n) is 7.06. The van der Waals surface area contributed by atoms with Crippen molar-refractivity contribution in [2.45, 2.75) is 18.8 Å². The second-order valence-corrected chi connectivity index (χ2v) is 8.13. The molecular weight excluding hydrogens is 380 g/mol. The maximum Gasteiger partial charge on any atom is 0.255 e. The van der Waals surface area contributed by atoms with Gasteiger partial charge in [0.05, 0.1) is 5.75 Å². The van der Waals surface area contributed by atoms with E-state index in [1.54, 1.807) is 11.8 Å². The zero-order chi connectivity index (χ0) is 20.2. The first kappa shape index (κ1) is 19.3. The molecule has 1 N–H and O–H groups in total. The summed E-state index contributed by atoms with van der Waals surface area (Å²) < 4.78 is 0. The van der Waals surface area contributed by atoms with Crippen LogP contribution in [0, 0.1) is 6.92 Å². The molecule has 1 saturated heterocycles. The lowest BCUT2D eigenvalue weighted by Gasteiger charge is -2.24. The number of nitrogens with zero attached hydrogens (tertiary/aromatic N) is 1. The molecule has 1 fully saturated rings. The summed E-state index contributed by atoms with van der Waals surface area (Å²) in [7, 11) is 0. The SMILES string of the molecule is Cc1ccccc1NC(=O)c1ccc([C@@H]2SCC(=O)N2Cc2ccccc2)cc1. The summed E-state index contributed by atoms with van der Waals surface area (Å²) in [6.45, 7) is 2.56. The lowest BCUT2D eigenvalue weighted by Crippen LogP contribution is -2.27. The van der Waals surface area contributed by atoms with E-state index in [-0.39, 0.29) is 17.2 Å². The average molecular weight is 403 g/mol. The molecule has 0 spiro atoms. The second kappa shape index (κ2) is 8.53. The maximum absolute atomic E-state index is 12.6. The number of hydrogen-bond acceptors (Lipinski definition) is 3. The first-order chi connectivity index (χ1) is 14.1. The molecule has 4 nitrogen and oxygen atoms in total. The van der Waals surface area contributed by atoms with Crippen molar-refractivity contribution in [2.75, 3.05) is 11.1 Å². The monoisotopic (exact) mass is 402 g/mol. The van der Waals surface area contributed by atoms with Gasteiger partial charge in [0.1, 0.15) is 5.37 Å². The van der Waals surface area contributed by atoms with Gasteiger partial charge in [-0.15, -0.1) is 11.8 Å². The molecule has 2 amide bonds. The van der Waals surface area contributed by atoms with Crippen LogP contribution < -0.4 is 5.32 Å². The van der Waals surface area contributed by atoms with Crippen LogP contribution >= 0.6 is 11.8 Å². The number of thioether (sulfide) groups is 1. The zero-order valence-electron chi connectivity index (χ0n) is 16.2. The van der Waals surface area contributed by atoms with Crippen molar-refractivity contribution in [3.63, 3.8) is 0 Å². The number of amides is 2. The van der Waals surface area contributed by atoms with Crippen LogP contribution in [0.15, 0.2) is 78.9 Å². The van der Waals surface area contributed by atoms with Gasteiger partial charge < -0.3 is 10.2 Å². The molecule has 4 rings (SSSR count). The molecule has 1 heterocycles. The third kappa shape index (κ3) is 4.35. The van der Waals surface area contributed by atoms with Crippen LogP contribution in [0.4, 0.5) is 5.69 Å². The Bertz CT molecular complexity index is 1020. The number of hydrogen-bond donors (Lipinski definition) is 1. The summed E-state index contributed by atoms with van der Waals surface area (Å²) in [5.41, 5.74) is 4.58. The molecule has 3 aromatic carbocycles. The molecule has 1 atom stereocenters. The third-order valence-electron chi connectivity index (χ3n) is 5.02. The highest BCUT2D eigenvalue weighted by atomic mass is 32.2. The van der Waals surface area contributed by atoms with Crippen molar-refractivity contribution in [1.29, 1.82) is 0 Å². The number of para-hydroxylation sites is 1. The number of carbonyl (C=O) groups is 2. The largest absolute Gasteiger partial charge is 0.322 e. The van der Waals surface area contributed by atoms with Crippen LogP contribution in [-0.4, -0.2) is 22.5 Å². The number of benzene rings is 3. The van der Waals surface area contributed by atoms with Gasteiger partial charge in [-0.2, -0.15) is 0 Å². The number of rotatable bonds is 5. The molecule has 0 bridgehead atoms. The summed E-state index contributed by atoms with van der Waals surface area (Å²) in [4.78, 5) is 26.9. The van der Waals surface area contributed by atoms with Crippen LogP contribution in [0.25, 0.3) is 0 Å². The predicted octanol–water partition coefficient (Wildman–Crippen LogP) is 5.02. The summed E-state index contributed by atoms with van der Waals surface area (Å²) in [5, 5.41) is 2.92. The topological polar surface area (TPSA) is 49.4 Å². The fourth-order valence-electron chi connectivity index (χ4n) is 3.39. The third-order valence-corrected chi connectivity index (χ3v) is 6.27. The van der Waals surface area contributed by atoms with Crippen molar-refractivity contribution in [2.24, 2.45) is 0 Å². The molecule has 5 heteroatoms. The van der Waals surface area contributed by atoms with Crippen molar-refractivity contribution in [1.82, 2.24) is 4.90 Å². The number of aryl methyl sites for hydroxylation is 1. The number of carbonyl (C=O) groups excluding carboxylic acids is 2. The van der Waals surface area contributed by atoms with Gasteiger partial charge in [0, 0.05) is 17.8 Å². The number of nitrogens with one attached hydrogen (secondary N) is 1. The standard InChI is InChI=1S/C24H22N2O2S/c1-17-7-5-6-10-21(17)25-23(28)19-11-13-20(14-12-19)24-26(22(27)16-29-24)15-18-8-3-2-4-9-18/h2-14,24H,15-16H2,1H3,(H,25,28)/t24-/m0/s1. The van der Waals surface area contributed by atoms with E-state index in [0.717, 1.165) is 22.4 Å². The molecule has 29 heavy (non-hydrogen) atoms. The van der Waals surface area contributed by atoms with E-state index in [0.29, 0.717) is 17.9 Å². The van der Waals surface area contributed by atoms with Crippen molar-refractivity contribution < 1.29 is 9.59 Å². The molecule has 0 aliphatic carbocycles. The smallest absolute Gasteiger partial charge is 0.255 e.